The molecule has 10 heteroatoms. The molecule has 39 heavy (non-hydrogen) atoms. The molecular weight excluding hydrogens is 490 g/mol. The lowest BCUT2D eigenvalue weighted by molar-refractivity contribution is -0.125. The maximum absolute atomic E-state index is 12.6. The number of fused-ring (bicyclic) bond motifs is 4. The molecule has 3 N–H and O–H groups in total. The van der Waals surface area contributed by atoms with Crippen molar-refractivity contribution in [3.63, 3.8) is 0 Å². The van der Waals surface area contributed by atoms with E-state index in [2.05, 4.69) is 37.0 Å². The quantitative estimate of drug-likeness (QED) is 0.421. The van der Waals surface area contributed by atoms with Crippen molar-refractivity contribution < 1.29 is 4.79 Å². The minimum absolute atomic E-state index is 0.000510. The van der Waals surface area contributed by atoms with Crippen molar-refractivity contribution >= 4 is 23.1 Å². The van der Waals surface area contributed by atoms with Gasteiger partial charge < -0.3 is 25.8 Å². The van der Waals surface area contributed by atoms with Crippen LogP contribution in [0.3, 0.4) is 0 Å². The average molecular weight is 536 g/mol. The Balaban J connectivity index is 1.29. The van der Waals surface area contributed by atoms with Crippen LogP contribution >= 0.6 is 0 Å². The highest BCUT2D eigenvalue weighted by atomic mass is 16.1. The average Bonchev–Trinajstić information content (AvgIpc) is 3.21. The lowest BCUT2D eigenvalue weighted by Crippen LogP contribution is -2.57. The van der Waals surface area contributed by atoms with Gasteiger partial charge in [-0.1, -0.05) is 0 Å². The van der Waals surface area contributed by atoms with E-state index in [1.54, 1.807) is 6.92 Å². The number of rotatable bonds is 9. The van der Waals surface area contributed by atoms with E-state index < -0.39 is 0 Å². The lowest BCUT2D eigenvalue weighted by atomic mass is 9.57. The predicted molar refractivity (Wildman–Crippen MR) is 155 cm³/mol. The van der Waals surface area contributed by atoms with Crippen molar-refractivity contribution in [2.75, 3.05) is 44.4 Å². The first-order chi connectivity index (χ1) is 18.5. The van der Waals surface area contributed by atoms with Gasteiger partial charge in [0.2, 0.25) is 5.91 Å². The van der Waals surface area contributed by atoms with Gasteiger partial charge in [-0.3, -0.25) is 9.48 Å². The monoisotopic (exact) mass is 535 g/mol. The molecule has 212 valence electrons. The van der Waals surface area contributed by atoms with Crippen LogP contribution in [0.2, 0.25) is 0 Å². The highest BCUT2D eigenvalue weighted by Crippen LogP contribution is 2.53. The van der Waals surface area contributed by atoms with Crippen LogP contribution in [-0.4, -0.2) is 76.0 Å². The zero-order chi connectivity index (χ0) is 27.9. The molecule has 0 saturated heterocycles. The standard InChI is InChI=1S/C29H45N9O/c1-19(30)25-26(31-4)27(33-21(3)32-25)37-16-7-23-22(17-37)20(2)35-38(23)18-28-9-12-29(13-10-28,14-11-28)34-24(39)8-15-36(5)6/h30-31H,7-18H2,1-6H3,(H,34,39). The molecule has 3 aliphatic carbocycles. The number of aromatic nitrogens is 4. The molecule has 0 spiro atoms. The van der Waals surface area contributed by atoms with Gasteiger partial charge in [0.25, 0.3) is 0 Å². The second-order valence-electron chi connectivity index (χ2n) is 12.4. The van der Waals surface area contributed by atoms with E-state index in [0.717, 1.165) is 88.3 Å². The van der Waals surface area contributed by atoms with Crippen molar-refractivity contribution in [1.82, 2.24) is 30.0 Å². The number of nitrogens with one attached hydrogen (secondary N) is 3. The second kappa shape index (κ2) is 10.5. The number of nitrogens with zero attached hydrogens (tertiary/aromatic N) is 6. The van der Waals surface area contributed by atoms with Gasteiger partial charge in [-0.15, -0.1) is 0 Å². The molecule has 4 aliphatic rings. The van der Waals surface area contributed by atoms with E-state index in [1.807, 2.05) is 28.1 Å². The van der Waals surface area contributed by atoms with Gasteiger partial charge >= 0.3 is 0 Å². The molecule has 3 saturated carbocycles. The van der Waals surface area contributed by atoms with Crippen molar-refractivity contribution in [3.05, 3.63) is 28.5 Å². The molecule has 6 rings (SSSR count). The summed E-state index contributed by atoms with van der Waals surface area (Å²) in [5.74, 6) is 1.75. The first kappa shape index (κ1) is 27.6. The minimum atomic E-state index is -0.000510. The van der Waals surface area contributed by atoms with Crippen LogP contribution in [-0.2, 0) is 24.3 Å². The Kier molecular flexibility index (Phi) is 7.43. The molecule has 1 aliphatic heterocycles. The summed E-state index contributed by atoms with van der Waals surface area (Å²) >= 11 is 0. The summed E-state index contributed by atoms with van der Waals surface area (Å²) in [6.45, 7) is 9.18. The molecule has 2 bridgehead atoms. The highest BCUT2D eigenvalue weighted by molar-refractivity contribution is 6.01. The molecule has 2 aromatic rings. The molecule has 10 nitrogen and oxygen atoms in total. The van der Waals surface area contributed by atoms with Crippen LogP contribution in [0.1, 0.15) is 80.3 Å². The van der Waals surface area contributed by atoms with Crippen LogP contribution in [0.25, 0.3) is 0 Å². The molecule has 0 radical (unpaired) electrons. The van der Waals surface area contributed by atoms with E-state index in [0.29, 0.717) is 23.7 Å². The number of hydrogen-bond donors (Lipinski definition) is 3. The summed E-state index contributed by atoms with van der Waals surface area (Å²) < 4.78 is 2.31. The van der Waals surface area contributed by atoms with Gasteiger partial charge in [0.05, 0.1) is 11.4 Å². The molecule has 3 heterocycles. The number of carbonyl (C=O) groups excluding carboxylic acids is 1. The Hall–Kier alpha value is -3.01. The van der Waals surface area contributed by atoms with Crippen LogP contribution < -0.4 is 15.5 Å². The summed E-state index contributed by atoms with van der Waals surface area (Å²) in [6, 6.07) is 0. The number of hydrogen-bond acceptors (Lipinski definition) is 8. The van der Waals surface area contributed by atoms with Crippen molar-refractivity contribution in [2.24, 2.45) is 5.41 Å². The Bertz CT molecular complexity index is 1240. The first-order valence-corrected chi connectivity index (χ1v) is 14.4. The summed E-state index contributed by atoms with van der Waals surface area (Å²) in [5.41, 5.74) is 5.96. The summed E-state index contributed by atoms with van der Waals surface area (Å²) in [7, 11) is 5.90. The molecule has 1 amide bonds. The van der Waals surface area contributed by atoms with Crippen LogP contribution in [0.15, 0.2) is 0 Å². The van der Waals surface area contributed by atoms with Crippen LogP contribution in [0, 0.1) is 24.7 Å². The summed E-state index contributed by atoms with van der Waals surface area (Å²) in [6.07, 6.45) is 8.17. The minimum Gasteiger partial charge on any atom is -0.383 e. The van der Waals surface area contributed by atoms with Gasteiger partial charge in [-0.2, -0.15) is 5.10 Å². The van der Waals surface area contributed by atoms with Crippen LogP contribution in [0.4, 0.5) is 11.5 Å². The van der Waals surface area contributed by atoms with Crippen molar-refractivity contribution in [2.45, 2.75) is 90.8 Å². The Morgan fingerprint density at radius 2 is 1.79 bits per heavy atom. The van der Waals surface area contributed by atoms with Gasteiger partial charge in [-0.25, -0.2) is 9.97 Å². The van der Waals surface area contributed by atoms with Gasteiger partial charge in [0, 0.05) is 62.9 Å². The maximum atomic E-state index is 12.6. The lowest BCUT2D eigenvalue weighted by Gasteiger charge is -2.53. The molecular formula is C29H45N9O. The van der Waals surface area contributed by atoms with Gasteiger partial charge in [0.1, 0.15) is 17.2 Å². The fourth-order valence-electron chi connectivity index (χ4n) is 6.95. The zero-order valence-electron chi connectivity index (χ0n) is 24.6. The maximum Gasteiger partial charge on any atom is 0.221 e. The predicted octanol–water partition coefficient (Wildman–Crippen LogP) is 3.44. The summed E-state index contributed by atoms with van der Waals surface area (Å²) in [4.78, 5) is 26.3. The molecule has 0 atom stereocenters. The molecule has 3 fully saturated rings. The fourth-order valence-corrected chi connectivity index (χ4v) is 6.95. The zero-order valence-corrected chi connectivity index (χ0v) is 24.6. The first-order valence-electron chi connectivity index (χ1n) is 14.4. The smallest absolute Gasteiger partial charge is 0.221 e. The van der Waals surface area contributed by atoms with Crippen molar-refractivity contribution in [3.8, 4) is 0 Å². The Morgan fingerprint density at radius 3 is 2.41 bits per heavy atom. The number of carbonyl (C=O) groups is 1. The van der Waals surface area contributed by atoms with E-state index >= 15 is 0 Å². The molecule has 0 unspecified atom stereocenters. The number of aryl methyl sites for hydroxylation is 2. The van der Waals surface area contributed by atoms with Crippen LogP contribution in [0.5, 0.6) is 0 Å². The van der Waals surface area contributed by atoms with E-state index in [1.165, 1.54) is 11.3 Å². The normalized spacial score (nSPS) is 24.1. The van der Waals surface area contributed by atoms with Gasteiger partial charge in [0.15, 0.2) is 5.82 Å². The molecule has 0 aromatic carbocycles. The summed E-state index contributed by atoms with van der Waals surface area (Å²) in [5, 5.41) is 20.0. The largest absolute Gasteiger partial charge is 0.383 e. The second-order valence-corrected chi connectivity index (χ2v) is 12.4. The number of anilines is 2. The third-order valence-electron chi connectivity index (χ3n) is 9.32. The highest BCUT2D eigenvalue weighted by Gasteiger charge is 2.49. The molecule has 2 aromatic heterocycles. The van der Waals surface area contributed by atoms with Crippen molar-refractivity contribution in [1.29, 1.82) is 5.41 Å². The Morgan fingerprint density at radius 1 is 1.10 bits per heavy atom. The van der Waals surface area contributed by atoms with E-state index in [9.17, 15) is 4.79 Å². The SMILES string of the molecule is CNc1c(C(C)=N)nc(C)nc1N1CCc2c(c(C)nn2CC23CCC(NC(=O)CCN(C)C)(CC2)CC3)C1. The third kappa shape index (κ3) is 5.40. The van der Waals surface area contributed by atoms with E-state index in [-0.39, 0.29) is 16.9 Å². The topological polar surface area (TPSA) is 115 Å². The third-order valence-corrected chi connectivity index (χ3v) is 9.32. The fraction of sp³-hybridized carbons (Fsp3) is 0.690. The number of amides is 1. The Labute approximate surface area is 232 Å². The van der Waals surface area contributed by atoms with Gasteiger partial charge in [-0.05, 0) is 78.8 Å². The van der Waals surface area contributed by atoms with E-state index in [4.69, 9.17) is 15.5 Å².